The molecule has 3 rings (SSSR count). The third kappa shape index (κ3) is 4.08. The molecule has 0 saturated heterocycles. The van der Waals surface area contributed by atoms with Gasteiger partial charge < -0.3 is 26.0 Å². The van der Waals surface area contributed by atoms with Crippen LogP contribution >= 0.6 is 0 Å². The maximum absolute atomic E-state index is 13.5. The van der Waals surface area contributed by atoms with Gasteiger partial charge in [-0.2, -0.15) is 9.97 Å². The number of aliphatic hydroxyl groups is 1. The van der Waals surface area contributed by atoms with Crippen molar-refractivity contribution in [3.8, 4) is 0 Å². The topological polar surface area (TPSA) is 114 Å². The summed E-state index contributed by atoms with van der Waals surface area (Å²) >= 11 is 0. The highest BCUT2D eigenvalue weighted by Gasteiger charge is 2.17. The van der Waals surface area contributed by atoms with Gasteiger partial charge in [0.15, 0.2) is 17.0 Å². The van der Waals surface area contributed by atoms with E-state index in [4.69, 9.17) is 5.73 Å². The number of hydrogen-bond acceptors (Lipinski definition) is 7. The molecule has 144 valence electrons. The van der Waals surface area contributed by atoms with Crippen molar-refractivity contribution in [2.45, 2.75) is 26.4 Å². The van der Waals surface area contributed by atoms with Gasteiger partial charge in [-0.05, 0) is 29.7 Å². The van der Waals surface area contributed by atoms with Crippen LogP contribution in [-0.4, -0.2) is 37.3 Å². The van der Waals surface area contributed by atoms with Crippen LogP contribution in [0.15, 0.2) is 24.5 Å². The number of nitrogens with one attached hydrogen (secondary N) is 2. The van der Waals surface area contributed by atoms with Crippen molar-refractivity contribution in [1.29, 1.82) is 0 Å². The lowest BCUT2D eigenvalue weighted by molar-refractivity contribution is 0.248. The van der Waals surface area contributed by atoms with Crippen molar-refractivity contribution < 1.29 is 9.50 Å². The summed E-state index contributed by atoms with van der Waals surface area (Å²) in [5.74, 6) is 0.738. The summed E-state index contributed by atoms with van der Waals surface area (Å²) in [6.45, 7) is 4.26. The standard InChI is InChI=1S/C18H24FN7O/c1-10(2)14(8-27)23-18-24-16(15-17(25-18)26(3)9-22-15)21-7-11-6-12(19)4-5-13(11)20/h4-6,9-10,14,27H,7-8,20H2,1-3H3,(H2,21,23,24,25). The van der Waals surface area contributed by atoms with Crippen molar-refractivity contribution >= 4 is 28.6 Å². The highest BCUT2D eigenvalue weighted by atomic mass is 19.1. The minimum atomic E-state index is -0.350. The van der Waals surface area contributed by atoms with E-state index >= 15 is 0 Å². The van der Waals surface area contributed by atoms with Gasteiger partial charge >= 0.3 is 0 Å². The average Bonchev–Trinajstić information content (AvgIpc) is 3.01. The molecule has 3 aromatic rings. The number of benzene rings is 1. The number of imidazole rings is 1. The Balaban J connectivity index is 1.92. The summed E-state index contributed by atoms with van der Waals surface area (Å²) in [5, 5.41) is 15.9. The van der Waals surface area contributed by atoms with Gasteiger partial charge in [0.25, 0.3) is 0 Å². The smallest absolute Gasteiger partial charge is 0.227 e. The number of anilines is 3. The van der Waals surface area contributed by atoms with Crippen LogP contribution in [0.5, 0.6) is 0 Å². The first-order valence-corrected chi connectivity index (χ1v) is 8.73. The first-order valence-electron chi connectivity index (χ1n) is 8.73. The molecule has 27 heavy (non-hydrogen) atoms. The molecule has 2 heterocycles. The number of aliphatic hydroxyl groups excluding tert-OH is 1. The zero-order valence-corrected chi connectivity index (χ0v) is 15.6. The van der Waals surface area contributed by atoms with Crippen LogP contribution in [0, 0.1) is 11.7 Å². The second-order valence-electron chi connectivity index (χ2n) is 6.80. The Kier molecular flexibility index (Phi) is 5.41. The minimum Gasteiger partial charge on any atom is -0.398 e. The Hall–Kier alpha value is -2.94. The maximum atomic E-state index is 13.5. The number of aromatic nitrogens is 4. The number of halogens is 1. The molecule has 1 unspecified atom stereocenters. The van der Waals surface area contributed by atoms with Gasteiger partial charge in [-0.25, -0.2) is 9.37 Å². The molecule has 5 N–H and O–H groups in total. The van der Waals surface area contributed by atoms with Crippen LogP contribution in [0.4, 0.5) is 21.8 Å². The fraction of sp³-hybridized carbons (Fsp3) is 0.389. The molecule has 0 aliphatic heterocycles. The van der Waals surface area contributed by atoms with Crippen molar-refractivity contribution in [3.63, 3.8) is 0 Å². The predicted octanol–water partition coefficient (Wildman–Crippen LogP) is 2.13. The van der Waals surface area contributed by atoms with E-state index in [1.165, 1.54) is 18.2 Å². The summed E-state index contributed by atoms with van der Waals surface area (Å²) in [6, 6.07) is 4.06. The van der Waals surface area contributed by atoms with Crippen molar-refractivity contribution in [2.75, 3.05) is 23.0 Å². The van der Waals surface area contributed by atoms with Crippen molar-refractivity contribution in [3.05, 3.63) is 35.9 Å². The molecule has 0 fully saturated rings. The van der Waals surface area contributed by atoms with Crippen LogP contribution in [-0.2, 0) is 13.6 Å². The summed E-state index contributed by atoms with van der Waals surface area (Å²) in [6.07, 6.45) is 1.65. The SMILES string of the molecule is CC(C)C(CO)Nc1nc(NCc2cc(F)ccc2N)c2ncn(C)c2n1. The molecule has 1 atom stereocenters. The molecule has 0 amide bonds. The van der Waals surface area contributed by atoms with E-state index in [0.29, 0.717) is 40.7 Å². The first-order chi connectivity index (χ1) is 12.9. The molecular formula is C18H24FN7O. The number of nitrogens with two attached hydrogens (primary N) is 1. The molecule has 0 aliphatic carbocycles. The quantitative estimate of drug-likeness (QED) is 0.469. The van der Waals surface area contributed by atoms with E-state index in [0.717, 1.165) is 0 Å². The van der Waals surface area contributed by atoms with Crippen LogP contribution in [0.1, 0.15) is 19.4 Å². The highest BCUT2D eigenvalue weighted by molar-refractivity contribution is 5.84. The summed E-state index contributed by atoms with van der Waals surface area (Å²) in [4.78, 5) is 13.3. The van der Waals surface area contributed by atoms with E-state index in [1.807, 2.05) is 20.9 Å². The van der Waals surface area contributed by atoms with Crippen LogP contribution < -0.4 is 16.4 Å². The maximum Gasteiger partial charge on any atom is 0.227 e. The fourth-order valence-corrected chi connectivity index (χ4v) is 2.69. The molecule has 0 spiro atoms. The number of nitrogens with zero attached hydrogens (tertiary/aromatic N) is 4. The van der Waals surface area contributed by atoms with Gasteiger partial charge in [0, 0.05) is 19.3 Å². The van der Waals surface area contributed by atoms with Gasteiger partial charge in [-0.1, -0.05) is 13.8 Å². The molecule has 1 aromatic carbocycles. The van der Waals surface area contributed by atoms with Gasteiger partial charge in [0.1, 0.15) is 5.82 Å². The summed E-state index contributed by atoms with van der Waals surface area (Å²) < 4.78 is 15.3. The Morgan fingerprint density at radius 1 is 1.30 bits per heavy atom. The van der Waals surface area contributed by atoms with Crippen molar-refractivity contribution in [2.24, 2.45) is 13.0 Å². The van der Waals surface area contributed by atoms with Crippen LogP contribution in [0.3, 0.4) is 0 Å². The monoisotopic (exact) mass is 373 g/mol. The van der Waals surface area contributed by atoms with E-state index < -0.39 is 0 Å². The van der Waals surface area contributed by atoms with E-state index in [1.54, 1.807) is 10.9 Å². The second kappa shape index (κ2) is 7.75. The summed E-state index contributed by atoms with van der Waals surface area (Å²) in [5.41, 5.74) is 8.28. The lowest BCUT2D eigenvalue weighted by atomic mass is 10.1. The molecule has 0 bridgehead atoms. The Labute approximate surface area is 156 Å². The zero-order valence-electron chi connectivity index (χ0n) is 15.6. The molecule has 2 aromatic heterocycles. The molecule has 0 aliphatic rings. The van der Waals surface area contributed by atoms with E-state index in [2.05, 4.69) is 25.6 Å². The van der Waals surface area contributed by atoms with Gasteiger partial charge in [0.05, 0.1) is 19.0 Å². The van der Waals surface area contributed by atoms with Gasteiger partial charge in [0.2, 0.25) is 5.95 Å². The van der Waals surface area contributed by atoms with Gasteiger partial charge in [-0.3, -0.25) is 0 Å². The number of rotatable bonds is 7. The number of fused-ring (bicyclic) bond motifs is 1. The van der Waals surface area contributed by atoms with Crippen molar-refractivity contribution in [1.82, 2.24) is 19.5 Å². The molecule has 0 saturated carbocycles. The first kappa shape index (κ1) is 18.8. The lowest BCUT2D eigenvalue weighted by Crippen LogP contribution is -2.30. The average molecular weight is 373 g/mol. The van der Waals surface area contributed by atoms with E-state index in [9.17, 15) is 9.50 Å². The fourth-order valence-electron chi connectivity index (χ4n) is 2.69. The number of aryl methyl sites for hydroxylation is 1. The van der Waals surface area contributed by atoms with Crippen LogP contribution in [0.2, 0.25) is 0 Å². The normalized spacial score (nSPS) is 12.5. The largest absolute Gasteiger partial charge is 0.398 e. The molecule has 0 radical (unpaired) electrons. The Morgan fingerprint density at radius 2 is 2.07 bits per heavy atom. The molecule has 9 heteroatoms. The number of hydrogen-bond donors (Lipinski definition) is 4. The van der Waals surface area contributed by atoms with Gasteiger partial charge in [-0.15, -0.1) is 0 Å². The number of nitrogen functional groups attached to an aromatic ring is 1. The molecular weight excluding hydrogens is 349 g/mol. The van der Waals surface area contributed by atoms with E-state index in [-0.39, 0.29) is 24.4 Å². The minimum absolute atomic E-state index is 0.0347. The Morgan fingerprint density at radius 3 is 2.78 bits per heavy atom. The Bertz CT molecular complexity index is 941. The summed E-state index contributed by atoms with van der Waals surface area (Å²) in [7, 11) is 1.84. The predicted molar refractivity (Wildman–Crippen MR) is 104 cm³/mol. The molecule has 8 nitrogen and oxygen atoms in total. The lowest BCUT2D eigenvalue weighted by Gasteiger charge is -2.20. The zero-order chi connectivity index (χ0) is 19.6. The van der Waals surface area contributed by atoms with Crippen LogP contribution in [0.25, 0.3) is 11.2 Å². The third-order valence-electron chi connectivity index (χ3n) is 4.43. The highest BCUT2D eigenvalue weighted by Crippen LogP contribution is 2.23. The third-order valence-corrected chi connectivity index (χ3v) is 4.43. The second-order valence-corrected chi connectivity index (χ2v) is 6.80.